The second kappa shape index (κ2) is 4.92. The van der Waals surface area contributed by atoms with Gasteiger partial charge in [-0.2, -0.15) is 0 Å². The molecule has 7 nitrogen and oxygen atoms in total. The molecule has 18 heavy (non-hydrogen) atoms. The van der Waals surface area contributed by atoms with E-state index in [1.54, 1.807) is 12.1 Å². The molecule has 1 aliphatic heterocycles. The molecule has 2 heterocycles. The largest absolute Gasteiger partial charge is 0.287 e. The Balaban J connectivity index is 1.91. The van der Waals surface area contributed by atoms with Gasteiger partial charge in [-0.25, -0.2) is 5.43 Å². The van der Waals surface area contributed by atoms with E-state index in [1.807, 2.05) is 0 Å². The Hall–Kier alpha value is -2.28. The average Bonchev–Trinajstić information content (AvgIpc) is 2.64. The third kappa shape index (κ3) is 2.35. The fourth-order valence-electron chi connectivity index (χ4n) is 1.60. The molecule has 1 unspecified atom stereocenters. The lowest BCUT2D eigenvalue weighted by atomic mass is 10.2. The molecule has 1 atom stereocenters. The number of rotatable bonds is 3. The lowest BCUT2D eigenvalue weighted by molar-refractivity contribution is -0.137. The van der Waals surface area contributed by atoms with Crippen molar-refractivity contribution in [2.45, 2.75) is 12.5 Å². The number of hydrogen-bond donors (Lipinski definition) is 2. The third-order valence-electron chi connectivity index (χ3n) is 2.68. The van der Waals surface area contributed by atoms with Crippen LogP contribution < -0.4 is 10.9 Å². The molecule has 1 aromatic heterocycles. The molecule has 0 saturated carbocycles. The molecule has 0 radical (unpaired) electrons. The van der Waals surface area contributed by atoms with Crippen molar-refractivity contribution < 1.29 is 14.4 Å². The first-order valence-corrected chi connectivity index (χ1v) is 5.36. The maximum Gasteiger partial charge on any atom is 0.265 e. The number of hydrogen-bond acceptors (Lipinski definition) is 5. The predicted molar refractivity (Wildman–Crippen MR) is 61.0 cm³/mol. The van der Waals surface area contributed by atoms with Crippen LogP contribution in [0.2, 0.25) is 0 Å². The first-order valence-electron chi connectivity index (χ1n) is 5.36. The summed E-state index contributed by atoms with van der Waals surface area (Å²) in [6.45, 7) is 0. The Morgan fingerprint density at radius 3 is 2.61 bits per heavy atom. The van der Waals surface area contributed by atoms with E-state index < -0.39 is 6.04 Å². The van der Waals surface area contributed by atoms with Gasteiger partial charge in [-0.15, -0.1) is 0 Å². The lowest BCUT2D eigenvalue weighted by Crippen LogP contribution is -2.47. The second-order valence-electron chi connectivity index (χ2n) is 3.88. The molecule has 2 N–H and O–H groups in total. The van der Waals surface area contributed by atoms with E-state index in [1.165, 1.54) is 19.4 Å². The highest BCUT2D eigenvalue weighted by atomic mass is 16.2. The number of hydrazine groups is 1. The summed E-state index contributed by atoms with van der Waals surface area (Å²) in [6.07, 6.45) is 3.03. The average molecular weight is 248 g/mol. The second-order valence-corrected chi connectivity index (χ2v) is 3.88. The number of nitrogens with zero attached hydrogens (tertiary/aromatic N) is 2. The molecular formula is C11H12N4O3. The van der Waals surface area contributed by atoms with Gasteiger partial charge in [0.1, 0.15) is 6.04 Å². The van der Waals surface area contributed by atoms with Crippen molar-refractivity contribution in [3.05, 3.63) is 30.1 Å². The minimum Gasteiger partial charge on any atom is -0.287 e. The highest BCUT2D eigenvalue weighted by Gasteiger charge is 2.36. The number of imide groups is 1. The van der Waals surface area contributed by atoms with Crippen molar-refractivity contribution in [2.75, 3.05) is 7.05 Å². The van der Waals surface area contributed by atoms with Gasteiger partial charge in [0, 0.05) is 25.0 Å². The fraction of sp³-hybridized carbons (Fsp3) is 0.273. The maximum atomic E-state index is 11.7. The van der Waals surface area contributed by atoms with E-state index in [4.69, 9.17) is 0 Å². The summed E-state index contributed by atoms with van der Waals surface area (Å²) in [7, 11) is 1.41. The van der Waals surface area contributed by atoms with Crippen molar-refractivity contribution in [3.63, 3.8) is 0 Å². The van der Waals surface area contributed by atoms with Crippen LogP contribution in [0.25, 0.3) is 0 Å². The number of pyridine rings is 1. The van der Waals surface area contributed by atoms with Crippen molar-refractivity contribution in [3.8, 4) is 0 Å². The summed E-state index contributed by atoms with van der Waals surface area (Å²) in [4.78, 5) is 39.3. The van der Waals surface area contributed by atoms with E-state index >= 15 is 0 Å². The molecule has 0 aliphatic carbocycles. The van der Waals surface area contributed by atoms with Crippen molar-refractivity contribution in [1.82, 2.24) is 20.7 Å². The Bertz CT molecular complexity index is 488. The number of amides is 3. The molecule has 94 valence electrons. The van der Waals surface area contributed by atoms with E-state index in [9.17, 15) is 14.4 Å². The summed E-state index contributed by atoms with van der Waals surface area (Å²) >= 11 is 0. The smallest absolute Gasteiger partial charge is 0.265 e. The van der Waals surface area contributed by atoms with Crippen LogP contribution in [0.15, 0.2) is 24.5 Å². The van der Waals surface area contributed by atoms with Crippen LogP contribution in [0.1, 0.15) is 16.8 Å². The monoisotopic (exact) mass is 248 g/mol. The number of nitrogens with one attached hydrogen (secondary N) is 2. The Morgan fingerprint density at radius 2 is 2.06 bits per heavy atom. The number of likely N-dealkylation sites (N-methyl/N-ethyl adjacent to an activating group) is 1. The Labute approximate surface area is 103 Å². The fourth-order valence-corrected chi connectivity index (χ4v) is 1.60. The summed E-state index contributed by atoms with van der Waals surface area (Å²) in [5.74, 6) is -1.00. The molecule has 7 heteroatoms. The summed E-state index contributed by atoms with van der Waals surface area (Å²) in [5.41, 5.74) is 5.37. The van der Waals surface area contributed by atoms with Crippen molar-refractivity contribution in [2.24, 2.45) is 0 Å². The number of likely N-dealkylation sites (tertiary alicyclic amines) is 1. The normalized spacial score (nSPS) is 19.2. The standard InChI is InChI=1S/C11H12N4O3/c1-15-9(16)6-8(11(15)18)13-14-10(17)7-2-4-12-5-3-7/h2-5,8,13H,6H2,1H3,(H,14,17). The van der Waals surface area contributed by atoms with Crippen molar-refractivity contribution >= 4 is 17.7 Å². The number of carbonyl (C=O) groups is 3. The number of carbonyl (C=O) groups excluding carboxylic acids is 3. The topological polar surface area (TPSA) is 91.4 Å². The minimum atomic E-state index is -0.701. The zero-order valence-electron chi connectivity index (χ0n) is 9.71. The van der Waals surface area contributed by atoms with Crippen LogP contribution in [-0.2, 0) is 9.59 Å². The van der Waals surface area contributed by atoms with E-state index in [2.05, 4.69) is 15.8 Å². The van der Waals surface area contributed by atoms with Crippen LogP contribution in [0.4, 0.5) is 0 Å². The molecule has 1 aliphatic rings. The maximum absolute atomic E-state index is 11.7. The van der Waals surface area contributed by atoms with Gasteiger partial charge in [0.2, 0.25) is 11.8 Å². The number of aromatic nitrogens is 1. The van der Waals surface area contributed by atoms with Gasteiger partial charge in [-0.1, -0.05) is 0 Å². The van der Waals surface area contributed by atoms with Gasteiger partial charge in [0.25, 0.3) is 5.91 Å². The SMILES string of the molecule is CN1C(=O)CC(NNC(=O)c2ccncc2)C1=O. The van der Waals surface area contributed by atoms with Crippen LogP contribution in [-0.4, -0.2) is 40.7 Å². The van der Waals surface area contributed by atoms with E-state index in [0.29, 0.717) is 5.56 Å². The third-order valence-corrected chi connectivity index (χ3v) is 2.68. The highest BCUT2D eigenvalue weighted by molar-refractivity contribution is 6.05. The molecule has 0 bridgehead atoms. The zero-order chi connectivity index (χ0) is 13.1. The van der Waals surface area contributed by atoms with Gasteiger partial charge >= 0.3 is 0 Å². The first-order chi connectivity index (χ1) is 8.59. The molecule has 1 saturated heterocycles. The van der Waals surface area contributed by atoms with Gasteiger partial charge in [0.05, 0.1) is 6.42 Å². The van der Waals surface area contributed by atoms with Crippen LogP contribution in [0.5, 0.6) is 0 Å². The van der Waals surface area contributed by atoms with E-state index in [-0.39, 0.29) is 24.1 Å². The highest BCUT2D eigenvalue weighted by Crippen LogP contribution is 2.09. The van der Waals surface area contributed by atoms with Gasteiger partial charge in [-0.3, -0.25) is 29.7 Å². The Morgan fingerprint density at radius 1 is 1.39 bits per heavy atom. The minimum absolute atomic E-state index is 0.0476. The van der Waals surface area contributed by atoms with Crippen LogP contribution >= 0.6 is 0 Å². The summed E-state index contributed by atoms with van der Waals surface area (Å²) in [6, 6.07) is 2.39. The molecule has 1 fully saturated rings. The summed E-state index contributed by atoms with van der Waals surface area (Å²) in [5, 5.41) is 0. The van der Waals surface area contributed by atoms with Gasteiger partial charge in [-0.05, 0) is 12.1 Å². The molecular weight excluding hydrogens is 236 g/mol. The molecule has 3 amide bonds. The van der Waals surface area contributed by atoms with E-state index in [0.717, 1.165) is 4.90 Å². The van der Waals surface area contributed by atoms with Crippen LogP contribution in [0, 0.1) is 0 Å². The summed E-state index contributed by atoms with van der Waals surface area (Å²) < 4.78 is 0. The zero-order valence-corrected chi connectivity index (χ0v) is 9.71. The van der Waals surface area contributed by atoms with Crippen LogP contribution in [0.3, 0.4) is 0 Å². The lowest BCUT2D eigenvalue weighted by Gasteiger charge is -2.11. The first kappa shape index (κ1) is 12.2. The van der Waals surface area contributed by atoms with Gasteiger partial charge < -0.3 is 0 Å². The van der Waals surface area contributed by atoms with Crippen molar-refractivity contribution in [1.29, 1.82) is 0 Å². The van der Waals surface area contributed by atoms with Gasteiger partial charge in [0.15, 0.2) is 0 Å². The molecule has 0 spiro atoms. The molecule has 2 rings (SSSR count). The molecule has 0 aromatic carbocycles. The quantitative estimate of drug-likeness (QED) is 0.533. The Kier molecular flexibility index (Phi) is 3.33. The molecule has 1 aromatic rings. The predicted octanol–water partition coefficient (Wildman–Crippen LogP) is -0.927.